The lowest BCUT2D eigenvalue weighted by Crippen LogP contribution is -2.40. The van der Waals surface area contributed by atoms with Crippen LogP contribution in [0, 0.1) is 5.92 Å². The highest BCUT2D eigenvalue weighted by Crippen LogP contribution is 2.24. The fourth-order valence-corrected chi connectivity index (χ4v) is 2.29. The van der Waals surface area contributed by atoms with Gasteiger partial charge in [-0.1, -0.05) is 29.8 Å². The van der Waals surface area contributed by atoms with Crippen LogP contribution in [0.15, 0.2) is 22.7 Å². The van der Waals surface area contributed by atoms with Gasteiger partial charge in [-0.2, -0.15) is 0 Å². The number of carboxylic acids is 1. The molecule has 20 heavy (non-hydrogen) atoms. The molecular formula is C15H22BrNO3. The molecule has 0 aliphatic carbocycles. The Hall–Kier alpha value is -1.07. The fraction of sp³-hybridized carbons (Fsp3) is 0.533. The van der Waals surface area contributed by atoms with Crippen LogP contribution in [-0.2, 0) is 11.3 Å². The Morgan fingerprint density at radius 2 is 2.00 bits per heavy atom. The number of aliphatic carboxylic acids is 1. The van der Waals surface area contributed by atoms with Gasteiger partial charge in [-0.3, -0.25) is 10.1 Å². The molecule has 1 rings (SSSR count). The third kappa shape index (κ3) is 5.13. The van der Waals surface area contributed by atoms with E-state index in [0.29, 0.717) is 6.54 Å². The smallest absolute Gasteiger partial charge is 0.320 e. The normalized spacial score (nSPS) is 12.8. The highest BCUT2D eigenvalue weighted by molar-refractivity contribution is 9.10. The molecule has 1 aromatic rings. The van der Waals surface area contributed by atoms with Crippen LogP contribution in [0.2, 0.25) is 0 Å². The van der Waals surface area contributed by atoms with E-state index in [1.165, 1.54) is 0 Å². The number of rotatable bonds is 7. The summed E-state index contributed by atoms with van der Waals surface area (Å²) in [6, 6.07) is 5.19. The van der Waals surface area contributed by atoms with E-state index in [-0.39, 0.29) is 12.0 Å². The molecule has 5 heteroatoms. The number of ether oxygens (including phenoxy) is 1. The van der Waals surface area contributed by atoms with E-state index < -0.39 is 12.0 Å². The van der Waals surface area contributed by atoms with Crippen LogP contribution in [0.3, 0.4) is 0 Å². The molecule has 0 amide bonds. The molecule has 0 aromatic heterocycles. The standard InChI is InChI=1S/C15H22BrNO3/c1-9(2)14(15(18)19)17-8-11-7-12(16)5-6-13(11)20-10(3)4/h5-7,9-10,14,17H,8H2,1-4H3,(H,18,19). The van der Waals surface area contributed by atoms with E-state index in [1.54, 1.807) is 0 Å². The van der Waals surface area contributed by atoms with Gasteiger partial charge in [0.25, 0.3) is 0 Å². The molecule has 0 fully saturated rings. The monoisotopic (exact) mass is 343 g/mol. The highest BCUT2D eigenvalue weighted by atomic mass is 79.9. The zero-order valence-corrected chi connectivity index (χ0v) is 13.9. The second kappa shape index (κ2) is 7.64. The van der Waals surface area contributed by atoms with Crippen LogP contribution in [-0.4, -0.2) is 23.2 Å². The molecule has 0 aliphatic heterocycles. The number of carbonyl (C=O) groups is 1. The quantitative estimate of drug-likeness (QED) is 0.796. The lowest BCUT2D eigenvalue weighted by Gasteiger charge is -2.20. The fourth-order valence-electron chi connectivity index (χ4n) is 1.88. The zero-order valence-electron chi connectivity index (χ0n) is 12.3. The minimum atomic E-state index is -0.832. The van der Waals surface area contributed by atoms with E-state index in [1.807, 2.05) is 45.9 Å². The maximum absolute atomic E-state index is 11.2. The highest BCUT2D eigenvalue weighted by Gasteiger charge is 2.21. The van der Waals surface area contributed by atoms with Gasteiger partial charge in [-0.05, 0) is 38.0 Å². The van der Waals surface area contributed by atoms with Gasteiger partial charge in [0.15, 0.2) is 0 Å². The average molecular weight is 344 g/mol. The Morgan fingerprint density at radius 3 is 2.50 bits per heavy atom. The van der Waals surface area contributed by atoms with Gasteiger partial charge >= 0.3 is 5.97 Å². The lowest BCUT2D eigenvalue weighted by molar-refractivity contribution is -0.140. The summed E-state index contributed by atoms with van der Waals surface area (Å²) in [4.78, 5) is 11.2. The van der Waals surface area contributed by atoms with Crippen LogP contribution in [0.4, 0.5) is 0 Å². The first kappa shape index (κ1) is 17.0. The van der Waals surface area contributed by atoms with Crippen LogP contribution in [0.25, 0.3) is 0 Å². The Morgan fingerprint density at radius 1 is 1.35 bits per heavy atom. The van der Waals surface area contributed by atoms with Gasteiger partial charge in [0.05, 0.1) is 6.10 Å². The molecule has 0 spiro atoms. The van der Waals surface area contributed by atoms with Crippen LogP contribution in [0.1, 0.15) is 33.3 Å². The second-order valence-corrected chi connectivity index (χ2v) is 6.28. The summed E-state index contributed by atoms with van der Waals surface area (Å²) >= 11 is 3.43. The van der Waals surface area contributed by atoms with Crippen molar-refractivity contribution < 1.29 is 14.6 Å². The number of hydrogen-bond acceptors (Lipinski definition) is 3. The molecule has 0 saturated carbocycles. The van der Waals surface area contributed by atoms with E-state index in [9.17, 15) is 9.90 Å². The van der Waals surface area contributed by atoms with Crippen molar-refractivity contribution in [2.24, 2.45) is 5.92 Å². The van der Waals surface area contributed by atoms with Crippen LogP contribution >= 0.6 is 15.9 Å². The third-order valence-electron chi connectivity index (χ3n) is 2.83. The van der Waals surface area contributed by atoms with E-state index >= 15 is 0 Å². The van der Waals surface area contributed by atoms with Gasteiger partial charge in [-0.25, -0.2) is 0 Å². The summed E-state index contributed by atoms with van der Waals surface area (Å²) in [5.41, 5.74) is 0.944. The number of hydrogen-bond donors (Lipinski definition) is 2. The Kier molecular flexibility index (Phi) is 6.49. The third-order valence-corrected chi connectivity index (χ3v) is 3.32. The number of halogens is 1. The van der Waals surface area contributed by atoms with Crippen molar-refractivity contribution in [3.63, 3.8) is 0 Å². The first-order chi connectivity index (χ1) is 9.31. The summed E-state index contributed by atoms with van der Waals surface area (Å²) in [7, 11) is 0. The number of benzene rings is 1. The number of carboxylic acid groups (broad SMARTS) is 1. The van der Waals surface area contributed by atoms with Crippen molar-refractivity contribution in [2.45, 2.75) is 46.4 Å². The maximum atomic E-state index is 11.2. The molecule has 2 N–H and O–H groups in total. The van der Waals surface area contributed by atoms with Crippen molar-refractivity contribution in [3.8, 4) is 5.75 Å². The summed E-state index contributed by atoms with van der Waals surface area (Å²) in [5, 5.41) is 12.3. The van der Waals surface area contributed by atoms with Crippen molar-refractivity contribution in [1.82, 2.24) is 5.32 Å². The molecule has 0 bridgehead atoms. The summed E-state index contributed by atoms with van der Waals surface area (Å²) < 4.78 is 6.69. The Bertz CT molecular complexity index is 460. The van der Waals surface area contributed by atoms with E-state index in [0.717, 1.165) is 15.8 Å². The molecule has 0 aliphatic rings. The predicted octanol–water partition coefficient (Wildman–Crippen LogP) is 3.44. The molecular weight excluding hydrogens is 322 g/mol. The first-order valence-electron chi connectivity index (χ1n) is 6.72. The van der Waals surface area contributed by atoms with Crippen LogP contribution in [0.5, 0.6) is 5.75 Å². The molecule has 1 unspecified atom stereocenters. The molecule has 0 radical (unpaired) electrons. The van der Waals surface area contributed by atoms with Gasteiger partial charge in [0.2, 0.25) is 0 Å². The summed E-state index contributed by atoms with van der Waals surface area (Å²) in [5.74, 6) is -0.0287. The van der Waals surface area contributed by atoms with Crippen molar-refractivity contribution in [1.29, 1.82) is 0 Å². The van der Waals surface area contributed by atoms with Crippen LogP contribution < -0.4 is 10.1 Å². The maximum Gasteiger partial charge on any atom is 0.320 e. The van der Waals surface area contributed by atoms with Crippen molar-refractivity contribution >= 4 is 21.9 Å². The molecule has 1 aromatic carbocycles. The SMILES string of the molecule is CC(C)Oc1ccc(Br)cc1CNC(C(=O)O)C(C)C. The minimum absolute atomic E-state index is 0.0223. The van der Waals surface area contributed by atoms with Gasteiger partial charge < -0.3 is 9.84 Å². The Balaban J connectivity index is 2.84. The van der Waals surface area contributed by atoms with E-state index in [4.69, 9.17) is 4.74 Å². The van der Waals surface area contributed by atoms with Gasteiger partial charge in [-0.15, -0.1) is 0 Å². The van der Waals surface area contributed by atoms with Gasteiger partial charge in [0, 0.05) is 16.6 Å². The first-order valence-corrected chi connectivity index (χ1v) is 7.51. The second-order valence-electron chi connectivity index (χ2n) is 5.36. The van der Waals surface area contributed by atoms with E-state index in [2.05, 4.69) is 21.2 Å². The Labute approximate surface area is 128 Å². The van der Waals surface area contributed by atoms with Gasteiger partial charge in [0.1, 0.15) is 11.8 Å². The number of nitrogens with one attached hydrogen (secondary N) is 1. The molecule has 0 saturated heterocycles. The minimum Gasteiger partial charge on any atom is -0.491 e. The average Bonchev–Trinajstić information content (AvgIpc) is 2.31. The predicted molar refractivity (Wildman–Crippen MR) is 83.0 cm³/mol. The molecule has 1 atom stereocenters. The molecule has 112 valence electrons. The lowest BCUT2D eigenvalue weighted by atomic mass is 10.0. The molecule has 0 heterocycles. The zero-order chi connectivity index (χ0) is 15.3. The van der Waals surface area contributed by atoms with Crippen molar-refractivity contribution in [3.05, 3.63) is 28.2 Å². The largest absolute Gasteiger partial charge is 0.491 e. The molecule has 4 nitrogen and oxygen atoms in total. The summed E-state index contributed by atoms with van der Waals surface area (Å²) in [6.07, 6.45) is 0.0790. The van der Waals surface area contributed by atoms with Crippen molar-refractivity contribution in [2.75, 3.05) is 0 Å². The summed E-state index contributed by atoms with van der Waals surface area (Å²) in [6.45, 7) is 8.16. The topological polar surface area (TPSA) is 58.6 Å².